The summed E-state index contributed by atoms with van der Waals surface area (Å²) in [6.07, 6.45) is 0. The fraction of sp³-hybridized carbons (Fsp3) is 0.0435. The highest BCUT2D eigenvalue weighted by atomic mass is 19.1. The lowest BCUT2D eigenvalue weighted by molar-refractivity contribution is 0.102. The van der Waals surface area contributed by atoms with Crippen LogP contribution in [0.25, 0.3) is 16.9 Å². The summed E-state index contributed by atoms with van der Waals surface area (Å²) in [4.78, 5) is 12.7. The topological polar surface area (TPSA) is 46.9 Å². The molecular formula is C23H17F2N3O. The molecule has 0 fully saturated rings. The molecule has 0 aliphatic carbocycles. The second kappa shape index (κ2) is 7.67. The molecule has 0 spiro atoms. The first-order chi connectivity index (χ1) is 14.0. The summed E-state index contributed by atoms with van der Waals surface area (Å²) in [6.45, 7) is 1.78. The Kier molecular flexibility index (Phi) is 4.91. The smallest absolute Gasteiger partial charge is 0.259 e. The molecule has 0 aliphatic rings. The van der Waals surface area contributed by atoms with Gasteiger partial charge in [0.25, 0.3) is 5.91 Å². The van der Waals surface area contributed by atoms with Crippen LogP contribution in [0.2, 0.25) is 0 Å². The summed E-state index contributed by atoms with van der Waals surface area (Å²) < 4.78 is 29.3. The minimum Gasteiger partial charge on any atom is -0.306 e. The third kappa shape index (κ3) is 3.91. The number of rotatable bonds is 4. The van der Waals surface area contributed by atoms with Crippen molar-refractivity contribution >= 4 is 11.7 Å². The summed E-state index contributed by atoms with van der Waals surface area (Å²) in [6, 6.07) is 21.3. The van der Waals surface area contributed by atoms with Crippen LogP contribution < -0.4 is 5.32 Å². The number of benzene rings is 3. The molecule has 4 rings (SSSR count). The minimum atomic E-state index is -0.617. The molecule has 1 heterocycles. The summed E-state index contributed by atoms with van der Waals surface area (Å²) in [5.41, 5.74) is 2.56. The Morgan fingerprint density at radius 3 is 2.48 bits per heavy atom. The SMILES string of the molecule is Cc1ccc(F)c(C(=O)Nc2cc(-c3ccccc3)nn2-c2cccc(F)c2)c1. The molecule has 4 nitrogen and oxygen atoms in total. The average Bonchev–Trinajstić information content (AvgIpc) is 3.14. The number of anilines is 1. The number of carbonyl (C=O) groups excluding carboxylic acids is 1. The quantitative estimate of drug-likeness (QED) is 0.509. The van der Waals surface area contributed by atoms with E-state index in [-0.39, 0.29) is 5.56 Å². The number of aryl methyl sites for hydroxylation is 1. The Balaban J connectivity index is 1.78. The molecule has 0 radical (unpaired) electrons. The van der Waals surface area contributed by atoms with Crippen LogP contribution in [0.3, 0.4) is 0 Å². The lowest BCUT2D eigenvalue weighted by Crippen LogP contribution is -2.16. The predicted octanol–water partition coefficient (Wildman–Crippen LogP) is 5.38. The first-order valence-corrected chi connectivity index (χ1v) is 9.00. The zero-order chi connectivity index (χ0) is 20.4. The van der Waals surface area contributed by atoms with Gasteiger partial charge in [-0.3, -0.25) is 4.79 Å². The van der Waals surface area contributed by atoms with E-state index in [4.69, 9.17) is 0 Å². The number of hydrogen-bond donors (Lipinski definition) is 1. The summed E-state index contributed by atoms with van der Waals surface area (Å²) in [5, 5.41) is 7.22. The standard InChI is InChI=1S/C23H17F2N3O/c1-15-10-11-20(25)19(12-15)23(29)26-22-14-21(16-6-3-2-4-7-16)27-28(22)18-9-5-8-17(24)13-18/h2-14H,1H3,(H,26,29). The van der Waals surface area contributed by atoms with E-state index in [0.717, 1.165) is 11.1 Å². The van der Waals surface area contributed by atoms with E-state index in [1.807, 2.05) is 30.3 Å². The van der Waals surface area contributed by atoms with Crippen molar-refractivity contribution in [3.05, 3.63) is 102 Å². The lowest BCUT2D eigenvalue weighted by Gasteiger charge is -2.10. The van der Waals surface area contributed by atoms with Crippen molar-refractivity contribution in [1.82, 2.24) is 9.78 Å². The Bertz CT molecular complexity index is 1190. The van der Waals surface area contributed by atoms with Gasteiger partial charge in [-0.05, 0) is 37.3 Å². The molecule has 4 aromatic rings. The zero-order valence-corrected chi connectivity index (χ0v) is 15.6. The first-order valence-electron chi connectivity index (χ1n) is 9.00. The van der Waals surface area contributed by atoms with Crippen molar-refractivity contribution in [2.24, 2.45) is 0 Å². The number of halogens is 2. The van der Waals surface area contributed by atoms with Crippen LogP contribution in [0.15, 0.2) is 78.9 Å². The maximum absolute atomic E-state index is 14.1. The average molecular weight is 389 g/mol. The Hall–Kier alpha value is -3.80. The number of carbonyl (C=O) groups is 1. The molecule has 0 saturated heterocycles. The third-order valence-corrected chi connectivity index (χ3v) is 4.44. The molecule has 0 saturated carbocycles. The van der Waals surface area contributed by atoms with Gasteiger partial charge < -0.3 is 5.32 Å². The molecule has 1 N–H and O–H groups in total. The number of nitrogens with one attached hydrogen (secondary N) is 1. The van der Waals surface area contributed by atoms with E-state index >= 15 is 0 Å². The summed E-state index contributed by atoms with van der Waals surface area (Å²) in [5.74, 6) is -1.35. The maximum Gasteiger partial charge on any atom is 0.259 e. The molecule has 0 unspecified atom stereocenters. The van der Waals surface area contributed by atoms with Crippen LogP contribution in [0.4, 0.5) is 14.6 Å². The van der Waals surface area contributed by atoms with Crippen LogP contribution in [-0.2, 0) is 0 Å². The van der Waals surface area contributed by atoms with E-state index < -0.39 is 17.5 Å². The van der Waals surface area contributed by atoms with Gasteiger partial charge in [0.2, 0.25) is 0 Å². The van der Waals surface area contributed by atoms with Crippen LogP contribution in [0, 0.1) is 18.6 Å². The molecule has 1 aromatic heterocycles. The van der Waals surface area contributed by atoms with E-state index in [1.165, 1.54) is 28.9 Å². The van der Waals surface area contributed by atoms with Crippen molar-refractivity contribution in [3.8, 4) is 16.9 Å². The molecule has 0 atom stereocenters. The second-order valence-electron chi connectivity index (χ2n) is 6.61. The number of hydrogen-bond acceptors (Lipinski definition) is 2. The van der Waals surface area contributed by atoms with Gasteiger partial charge in [0.1, 0.15) is 17.5 Å². The van der Waals surface area contributed by atoms with E-state index in [1.54, 1.807) is 31.2 Å². The van der Waals surface area contributed by atoms with Crippen molar-refractivity contribution in [2.75, 3.05) is 5.32 Å². The van der Waals surface area contributed by atoms with Crippen molar-refractivity contribution in [3.63, 3.8) is 0 Å². The number of nitrogens with zero attached hydrogens (tertiary/aromatic N) is 2. The van der Waals surface area contributed by atoms with Gasteiger partial charge in [-0.15, -0.1) is 0 Å². The normalized spacial score (nSPS) is 10.7. The van der Waals surface area contributed by atoms with Gasteiger partial charge >= 0.3 is 0 Å². The van der Waals surface area contributed by atoms with E-state index in [9.17, 15) is 13.6 Å². The third-order valence-electron chi connectivity index (χ3n) is 4.44. The Morgan fingerprint density at radius 2 is 1.72 bits per heavy atom. The minimum absolute atomic E-state index is 0.0711. The molecule has 0 aliphatic heterocycles. The fourth-order valence-corrected chi connectivity index (χ4v) is 3.02. The van der Waals surface area contributed by atoms with Crippen LogP contribution in [0.5, 0.6) is 0 Å². The van der Waals surface area contributed by atoms with Crippen molar-refractivity contribution < 1.29 is 13.6 Å². The molecule has 1 amide bonds. The van der Waals surface area contributed by atoms with Gasteiger partial charge in [0.15, 0.2) is 0 Å². The molecule has 0 bridgehead atoms. The molecular weight excluding hydrogens is 372 g/mol. The van der Waals surface area contributed by atoms with Crippen molar-refractivity contribution in [1.29, 1.82) is 0 Å². The Morgan fingerprint density at radius 1 is 0.931 bits per heavy atom. The van der Waals surface area contributed by atoms with Crippen LogP contribution in [-0.4, -0.2) is 15.7 Å². The molecule has 144 valence electrons. The van der Waals surface area contributed by atoms with E-state index in [0.29, 0.717) is 17.2 Å². The van der Waals surface area contributed by atoms with Gasteiger partial charge in [-0.2, -0.15) is 5.10 Å². The highest BCUT2D eigenvalue weighted by Crippen LogP contribution is 2.26. The predicted molar refractivity (Wildman–Crippen MR) is 108 cm³/mol. The molecule has 6 heteroatoms. The van der Waals surface area contributed by atoms with Gasteiger partial charge in [0, 0.05) is 11.6 Å². The van der Waals surface area contributed by atoms with Crippen LogP contribution in [0.1, 0.15) is 15.9 Å². The van der Waals surface area contributed by atoms with Gasteiger partial charge in [-0.1, -0.05) is 48.0 Å². The first kappa shape index (κ1) is 18.6. The highest BCUT2D eigenvalue weighted by molar-refractivity contribution is 6.04. The second-order valence-corrected chi connectivity index (χ2v) is 6.61. The van der Waals surface area contributed by atoms with Gasteiger partial charge in [0.05, 0.1) is 16.9 Å². The van der Waals surface area contributed by atoms with Gasteiger partial charge in [-0.25, -0.2) is 13.5 Å². The lowest BCUT2D eigenvalue weighted by atomic mass is 10.1. The zero-order valence-electron chi connectivity index (χ0n) is 15.6. The number of amides is 1. The maximum atomic E-state index is 14.1. The highest BCUT2D eigenvalue weighted by Gasteiger charge is 2.17. The largest absolute Gasteiger partial charge is 0.306 e. The monoisotopic (exact) mass is 389 g/mol. The van der Waals surface area contributed by atoms with Crippen molar-refractivity contribution in [2.45, 2.75) is 6.92 Å². The summed E-state index contributed by atoms with van der Waals surface area (Å²) >= 11 is 0. The molecule has 3 aromatic carbocycles. The van der Waals surface area contributed by atoms with Crippen LogP contribution >= 0.6 is 0 Å². The van der Waals surface area contributed by atoms with E-state index in [2.05, 4.69) is 10.4 Å². The molecule has 29 heavy (non-hydrogen) atoms. The number of aromatic nitrogens is 2. The Labute approximate surface area is 166 Å². The fourth-order valence-electron chi connectivity index (χ4n) is 3.02. The summed E-state index contributed by atoms with van der Waals surface area (Å²) in [7, 11) is 0.